The Morgan fingerprint density at radius 1 is 1.30 bits per heavy atom. The molecule has 0 aliphatic carbocycles. The van der Waals surface area contributed by atoms with Crippen molar-refractivity contribution >= 4 is 29.9 Å². The number of nitrogens with one attached hydrogen (secondary N) is 2. The van der Waals surface area contributed by atoms with Gasteiger partial charge >= 0.3 is 0 Å². The smallest absolute Gasteiger partial charge is 0.191 e. The molecule has 2 atom stereocenters. The Bertz CT molecular complexity index is 504. The molecule has 1 aromatic carbocycles. The van der Waals surface area contributed by atoms with Crippen LogP contribution in [0.2, 0.25) is 0 Å². The lowest BCUT2D eigenvalue weighted by Crippen LogP contribution is -2.46. The van der Waals surface area contributed by atoms with Gasteiger partial charge in [0.15, 0.2) is 5.96 Å². The zero-order valence-corrected chi connectivity index (χ0v) is 16.7. The topological polar surface area (TPSA) is 39.7 Å². The molecule has 130 valence electrons. The van der Waals surface area contributed by atoms with Crippen molar-refractivity contribution in [3.8, 4) is 0 Å². The van der Waals surface area contributed by atoms with Gasteiger partial charge in [-0.15, -0.1) is 24.0 Å². The molecule has 4 nitrogen and oxygen atoms in total. The van der Waals surface area contributed by atoms with Gasteiger partial charge in [-0.1, -0.05) is 19.1 Å². The van der Waals surface area contributed by atoms with E-state index in [0.29, 0.717) is 24.5 Å². The highest BCUT2D eigenvalue weighted by atomic mass is 127. The van der Waals surface area contributed by atoms with Gasteiger partial charge in [0, 0.05) is 38.8 Å². The van der Waals surface area contributed by atoms with E-state index in [1.807, 2.05) is 0 Å². The van der Waals surface area contributed by atoms with Gasteiger partial charge in [-0.25, -0.2) is 4.39 Å². The zero-order chi connectivity index (χ0) is 16.1. The first-order valence-electron chi connectivity index (χ1n) is 7.95. The molecule has 1 aliphatic rings. The fraction of sp³-hybridized carbons (Fsp3) is 0.588. The van der Waals surface area contributed by atoms with Crippen LogP contribution in [-0.4, -0.2) is 43.1 Å². The van der Waals surface area contributed by atoms with E-state index in [9.17, 15) is 4.39 Å². The predicted octanol–water partition coefficient (Wildman–Crippen LogP) is 2.84. The van der Waals surface area contributed by atoms with E-state index >= 15 is 0 Å². The summed E-state index contributed by atoms with van der Waals surface area (Å²) in [5, 5.41) is 6.80. The van der Waals surface area contributed by atoms with E-state index in [0.717, 1.165) is 24.6 Å². The van der Waals surface area contributed by atoms with Gasteiger partial charge in [-0.2, -0.15) is 0 Å². The molecule has 1 saturated heterocycles. The van der Waals surface area contributed by atoms with Crippen molar-refractivity contribution < 1.29 is 4.39 Å². The van der Waals surface area contributed by atoms with Crippen LogP contribution in [0.5, 0.6) is 0 Å². The van der Waals surface area contributed by atoms with Crippen LogP contribution in [0.1, 0.15) is 26.3 Å². The molecule has 6 heteroatoms. The molecule has 0 aromatic heterocycles. The summed E-state index contributed by atoms with van der Waals surface area (Å²) in [5.41, 5.74) is 1.03. The monoisotopic (exact) mass is 434 g/mol. The third kappa shape index (κ3) is 5.91. The first-order chi connectivity index (χ1) is 10.5. The number of rotatable bonds is 4. The van der Waals surface area contributed by atoms with E-state index in [2.05, 4.69) is 41.3 Å². The summed E-state index contributed by atoms with van der Waals surface area (Å²) in [5.74, 6) is 1.18. The van der Waals surface area contributed by atoms with Crippen molar-refractivity contribution in [2.24, 2.45) is 10.9 Å². The van der Waals surface area contributed by atoms with Gasteiger partial charge in [-0.3, -0.25) is 9.89 Å². The summed E-state index contributed by atoms with van der Waals surface area (Å²) < 4.78 is 12.9. The maximum atomic E-state index is 12.9. The highest BCUT2D eigenvalue weighted by Gasteiger charge is 2.31. The minimum atomic E-state index is -0.209. The number of nitrogens with zero attached hydrogens (tertiary/aromatic N) is 2. The van der Waals surface area contributed by atoms with E-state index < -0.39 is 0 Å². The summed E-state index contributed by atoms with van der Waals surface area (Å²) in [7, 11) is 1.78. The van der Waals surface area contributed by atoms with Crippen LogP contribution in [0.4, 0.5) is 4.39 Å². The van der Waals surface area contributed by atoms with Crippen LogP contribution in [0.15, 0.2) is 29.3 Å². The van der Waals surface area contributed by atoms with Gasteiger partial charge in [0.05, 0.1) is 0 Å². The molecule has 0 radical (unpaired) electrons. The number of benzene rings is 1. The lowest BCUT2D eigenvalue weighted by Gasteiger charge is -2.22. The molecule has 1 aliphatic heterocycles. The van der Waals surface area contributed by atoms with Crippen molar-refractivity contribution in [2.45, 2.75) is 39.4 Å². The first kappa shape index (κ1) is 20.2. The maximum absolute atomic E-state index is 12.9. The highest BCUT2D eigenvalue weighted by molar-refractivity contribution is 14.0. The van der Waals surface area contributed by atoms with Gasteiger partial charge < -0.3 is 10.6 Å². The summed E-state index contributed by atoms with van der Waals surface area (Å²) in [6.07, 6.45) is 0. The fourth-order valence-electron chi connectivity index (χ4n) is 2.77. The third-order valence-electron chi connectivity index (χ3n) is 4.29. The first-order valence-corrected chi connectivity index (χ1v) is 7.95. The molecule has 1 aromatic rings. The van der Waals surface area contributed by atoms with Crippen LogP contribution < -0.4 is 10.6 Å². The zero-order valence-electron chi connectivity index (χ0n) is 14.3. The molecule has 0 spiro atoms. The summed E-state index contributed by atoms with van der Waals surface area (Å²) >= 11 is 0. The minimum Gasteiger partial charge on any atom is -0.352 e. The van der Waals surface area contributed by atoms with E-state index in [1.54, 1.807) is 19.2 Å². The van der Waals surface area contributed by atoms with Crippen LogP contribution in [0.25, 0.3) is 0 Å². The largest absolute Gasteiger partial charge is 0.352 e. The lowest BCUT2D eigenvalue weighted by atomic mass is 10.1. The maximum Gasteiger partial charge on any atom is 0.191 e. The van der Waals surface area contributed by atoms with Gasteiger partial charge in [0.2, 0.25) is 0 Å². The molecular formula is C17H28FIN4. The molecule has 1 heterocycles. The normalized spacial score (nSPS) is 22.1. The molecule has 0 saturated carbocycles. The highest BCUT2D eigenvalue weighted by Crippen LogP contribution is 2.18. The van der Waals surface area contributed by atoms with Crippen molar-refractivity contribution in [3.63, 3.8) is 0 Å². The van der Waals surface area contributed by atoms with Crippen molar-refractivity contribution in [2.75, 3.05) is 20.1 Å². The van der Waals surface area contributed by atoms with Gasteiger partial charge in [-0.05, 0) is 37.5 Å². The second-order valence-corrected chi connectivity index (χ2v) is 6.33. The standard InChI is InChI=1S/C17H27FN4.HI/c1-12(2)22-10-13(3)16(11-22)21-17(19-4)20-9-14-5-7-15(18)8-6-14;/h5-8,12-13,16H,9-11H2,1-4H3,(H2,19,20,21);1H. The molecule has 2 unspecified atom stereocenters. The number of hydrogen-bond acceptors (Lipinski definition) is 2. The molecule has 23 heavy (non-hydrogen) atoms. The number of hydrogen-bond donors (Lipinski definition) is 2. The van der Waals surface area contributed by atoms with E-state index in [4.69, 9.17) is 0 Å². The van der Waals surface area contributed by atoms with Crippen molar-refractivity contribution in [1.29, 1.82) is 0 Å². The predicted molar refractivity (Wildman–Crippen MR) is 105 cm³/mol. The Balaban J connectivity index is 0.00000264. The molecule has 2 rings (SSSR count). The van der Waals surface area contributed by atoms with Crippen LogP contribution in [0.3, 0.4) is 0 Å². The SMILES string of the molecule is CN=C(NCc1ccc(F)cc1)NC1CN(C(C)C)CC1C.I. The van der Waals surface area contributed by atoms with Crippen molar-refractivity contribution in [3.05, 3.63) is 35.6 Å². The Labute approximate surface area is 156 Å². The Morgan fingerprint density at radius 3 is 2.48 bits per heavy atom. The number of halogens is 2. The Morgan fingerprint density at radius 2 is 1.96 bits per heavy atom. The minimum absolute atomic E-state index is 0. The average Bonchev–Trinajstić information content (AvgIpc) is 2.86. The van der Waals surface area contributed by atoms with Gasteiger partial charge in [0.1, 0.15) is 5.82 Å². The quantitative estimate of drug-likeness (QED) is 0.435. The van der Waals surface area contributed by atoms with E-state index in [-0.39, 0.29) is 29.8 Å². The Kier molecular flexibility index (Phi) is 8.25. The molecule has 0 bridgehead atoms. The molecule has 2 N–H and O–H groups in total. The number of likely N-dealkylation sites (tertiary alicyclic amines) is 1. The second-order valence-electron chi connectivity index (χ2n) is 6.33. The second kappa shape index (κ2) is 9.42. The lowest BCUT2D eigenvalue weighted by molar-refractivity contribution is 0.265. The van der Waals surface area contributed by atoms with Crippen LogP contribution in [0, 0.1) is 11.7 Å². The summed E-state index contributed by atoms with van der Waals surface area (Å²) in [4.78, 5) is 6.77. The third-order valence-corrected chi connectivity index (χ3v) is 4.29. The summed E-state index contributed by atoms with van der Waals surface area (Å²) in [6.45, 7) is 9.52. The van der Waals surface area contributed by atoms with Crippen LogP contribution in [-0.2, 0) is 6.54 Å². The number of aliphatic imine (C=N–C) groups is 1. The summed E-state index contributed by atoms with van der Waals surface area (Å²) in [6, 6.07) is 7.51. The van der Waals surface area contributed by atoms with Crippen molar-refractivity contribution in [1.82, 2.24) is 15.5 Å². The van der Waals surface area contributed by atoms with Gasteiger partial charge in [0.25, 0.3) is 0 Å². The fourth-order valence-corrected chi connectivity index (χ4v) is 2.77. The number of guanidine groups is 1. The van der Waals surface area contributed by atoms with Crippen LogP contribution >= 0.6 is 24.0 Å². The molecular weight excluding hydrogens is 406 g/mol. The molecule has 0 amide bonds. The molecule has 1 fully saturated rings. The van der Waals surface area contributed by atoms with E-state index in [1.165, 1.54) is 12.1 Å². The Hall–Kier alpha value is -0.890. The average molecular weight is 434 g/mol.